The van der Waals surface area contributed by atoms with Gasteiger partial charge in [-0.05, 0) is 37.3 Å². The minimum Gasteiger partial charge on any atom is -0.352 e. The molecular weight excluding hydrogens is 216 g/mol. The van der Waals surface area contributed by atoms with Gasteiger partial charge >= 0.3 is 0 Å². The fourth-order valence-corrected chi connectivity index (χ4v) is 2.16. The van der Waals surface area contributed by atoms with Crippen molar-refractivity contribution < 1.29 is 4.79 Å². The van der Waals surface area contributed by atoms with Crippen molar-refractivity contribution >= 4 is 5.91 Å². The average molecular weight is 234 g/mol. The van der Waals surface area contributed by atoms with Crippen LogP contribution in [0.15, 0.2) is 10.9 Å². The second-order valence-corrected chi connectivity index (χ2v) is 4.48. The lowest BCUT2D eigenvalue weighted by Gasteiger charge is -2.05. The van der Waals surface area contributed by atoms with Gasteiger partial charge in [0.2, 0.25) is 0 Å². The third kappa shape index (κ3) is 2.57. The summed E-state index contributed by atoms with van der Waals surface area (Å²) in [6.07, 6.45) is 4.91. The lowest BCUT2D eigenvalue weighted by atomic mass is 10.1. The van der Waals surface area contributed by atoms with Crippen LogP contribution < -0.4 is 10.9 Å². The summed E-state index contributed by atoms with van der Waals surface area (Å²) in [5, 5.41) is 2.77. The Morgan fingerprint density at radius 1 is 1.47 bits per heavy atom. The number of hydrogen-bond donors (Lipinski definition) is 2. The number of aromatic nitrogens is 1. The summed E-state index contributed by atoms with van der Waals surface area (Å²) in [6.45, 7) is 2.69. The lowest BCUT2D eigenvalue weighted by molar-refractivity contribution is 0.0951. The summed E-state index contributed by atoms with van der Waals surface area (Å²) in [5.74, 6) is -0.255. The number of carbonyl (C=O) groups is 1. The smallest absolute Gasteiger partial charge is 0.261 e. The molecule has 0 bridgehead atoms. The molecule has 4 heteroatoms. The van der Waals surface area contributed by atoms with E-state index in [0.29, 0.717) is 6.54 Å². The van der Waals surface area contributed by atoms with Crippen molar-refractivity contribution in [2.75, 3.05) is 6.54 Å². The fourth-order valence-electron chi connectivity index (χ4n) is 2.16. The Morgan fingerprint density at radius 3 is 3.06 bits per heavy atom. The van der Waals surface area contributed by atoms with Crippen LogP contribution in [0.2, 0.25) is 0 Å². The summed E-state index contributed by atoms with van der Waals surface area (Å²) in [7, 11) is 0. The van der Waals surface area contributed by atoms with Gasteiger partial charge in [-0.3, -0.25) is 9.59 Å². The molecule has 0 spiro atoms. The Balaban J connectivity index is 2.15. The molecule has 2 rings (SSSR count). The van der Waals surface area contributed by atoms with Crippen molar-refractivity contribution in [3.8, 4) is 0 Å². The van der Waals surface area contributed by atoms with E-state index in [4.69, 9.17) is 0 Å². The van der Waals surface area contributed by atoms with Crippen LogP contribution in [-0.2, 0) is 12.8 Å². The Morgan fingerprint density at radius 2 is 2.29 bits per heavy atom. The van der Waals surface area contributed by atoms with Crippen LogP contribution in [0.3, 0.4) is 0 Å². The molecule has 1 aliphatic rings. The highest BCUT2D eigenvalue weighted by Crippen LogP contribution is 2.18. The number of pyridine rings is 1. The van der Waals surface area contributed by atoms with Gasteiger partial charge in [0.05, 0.1) is 0 Å². The highest BCUT2D eigenvalue weighted by Gasteiger charge is 2.17. The first-order valence-electron chi connectivity index (χ1n) is 6.25. The number of unbranched alkanes of at least 4 members (excludes halogenated alkanes) is 1. The zero-order valence-corrected chi connectivity index (χ0v) is 10.1. The van der Waals surface area contributed by atoms with Crippen LogP contribution in [-0.4, -0.2) is 17.4 Å². The van der Waals surface area contributed by atoms with Gasteiger partial charge in [-0.1, -0.05) is 13.3 Å². The molecule has 92 valence electrons. The number of amides is 1. The molecule has 0 unspecified atom stereocenters. The highest BCUT2D eigenvalue weighted by molar-refractivity contribution is 5.94. The first kappa shape index (κ1) is 11.9. The van der Waals surface area contributed by atoms with E-state index in [2.05, 4.69) is 17.2 Å². The summed E-state index contributed by atoms with van der Waals surface area (Å²) < 4.78 is 0. The van der Waals surface area contributed by atoms with Gasteiger partial charge in [0.1, 0.15) is 5.56 Å². The second-order valence-electron chi connectivity index (χ2n) is 4.48. The number of fused-ring (bicyclic) bond motifs is 1. The standard InChI is InChI=1S/C13H18N2O2/c1-2-3-7-14-12(16)10-8-9-5-4-6-11(9)15-13(10)17/h8H,2-7H2,1H3,(H,14,16)(H,15,17). The maximum Gasteiger partial charge on any atom is 0.261 e. The number of hydrogen-bond acceptors (Lipinski definition) is 2. The van der Waals surface area contributed by atoms with Crippen LogP contribution in [0.25, 0.3) is 0 Å². The predicted molar refractivity (Wildman–Crippen MR) is 66.3 cm³/mol. The van der Waals surface area contributed by atoms with Crippen LogP contribution in [0, 0.1) is 0 Å². The molecule has 0 radical (unpaired) electrons. The van der Waals surface area contributed by atoms with E-state index in [1.54, 1.807) is 6.07 Å². The molecule has 0 aromatic carbocycles. The molecule has 0 saturated carbocycles. The SMILES string of the molecule is CCCCNC(=O)c1cc2c([nH]c1=O)CCC2. The van der Waals surface area contributed by atoms with Crippen molar-refractivity contribution in [3.63, 3.8) is 0 Å². The lowest BCUT2D eigenvalue weighted by Crippen LogP contribution is -2.30. The Bertz CT molecular complexity index is 477. The molecule has 0 fully saturated rings. The zero-order chi connectivity index (χ0) is 12.3. The molecule has 1 heterocycles. The number of H-pyrrole nitrogens is 1. The Hall–Kier alpha value is -1.58. The number of nitrogens with one attached hydrogen (secondary N) is 2. The van der Waals surface area contributed by atoms with E-state index in [9.17, 15) is 9.59 Å². The van der Waals surface area contributed by atoms with Crippen LogP contribution in [0.4, 0.5) is 0 Å². The summed E-state index contributed by atoms with van der Waals surface area (Å²) in [4.78, 5) is 26.4. The molecule has 1 aromatic heterocycles. The Kier molecular flexibility index (Phi) is 3.61. The van der Waals surface area contributed by atoms with E-state index in [-0.39, 0.29) is 17.0 Å². The molecule has 1 amide bonds. The van der Waals surface area contributed by atoms with Gasteiger partial charge in [0, 0.05) is 12.2 Å². The number of rotatable bonds is 4. The van der Waals surface area contributed by atoms with Crippen LogP contribution >= 0.6 is 0 Å². The van der Waals surface area contributed by atoms with Crippen molar-refractivity contribution in [2.24, 2.45) is 0 Å². The normalized spacial score (nSPS) is 13.5. The fraction of sp³-hybridized carbons (Fsp3) is 0.538. The third-order valence-corrected chi connectivity index (χ3v) is 3.15. The van der Waals surface area contributed by atoms with Crippen molar-refractivity contribution in [3.05, 3.63) is 33.2 Å². The minimum atomic E-state index is -0.264. The third-order valence-electron chi connectivity index (χ3n) is 3.15. The summed E-state index contributed by atoms with van der Waals surface area (Å²) in [6, 6.07) is 1.75. The van der Waals surface area contributed by atoms with Crippen LogP contribution in [0.5, 0.6) is 0 Å². The largest absolute Gasteiger partial charge is 0.352 e. The van der Waals surface area contributed by atoms with Gasteiger partial charge in [-0.25, -0.2) is 0 Å². The molecule has 0 aliphatic heterocycles. The van der Waals surface area contributed by atoms with E-state index in [0.717, 1.165) is 43.4 Å². The highest BCUT2D eigenvalue weighted by atomic mass is 16.2. The first-order valence-corrected chi connectivity index (χ1v) is 6.25. The van der Waals surface area contributed by atoms with Gasteiger partial charge in [0.15, 0.2) is 0 Å². The second kappa shape index (κ2) is 5.17. The monoisotopic (exact) mass is 234 g/mol. The zero-order valence-electron chi connectivity index (χ0n) is 10.1. The van der Waals surface area contributed by atoms with E-state index in [1.165, 1.54) is 0 Å². The number of carbonyl (C=O) groups excluding carboxylic acids is 1. The maximum absolute atomic E-state index is 11.8. The van der Waals surface area contributed by atoms with Gasteiger partial charge in [-0.15, -0.1) is 0 Å². The van der Waals surface area contributed by atoms with E-state index in [1.807, 2.05) is 0 Å². The quantitative estimate of drug-likeness (QED) is 0.773. The van der Waals surface area contributed by atoms with Gasteiger partial charge < -0.3 is 10.3 Å². The van der Waals surface area contributed by atoms with Crippen molar-refractivity contribution in [1.29, 1.82) is 0 Å². The minimum absolute atomic E-state index is 0.252. The maximum atomic E-state index is 11.8. The molecule has 0 atom stereocenters. The summed E-state index contributed by atoms with van der Waals surface area (Å²) >= 11 is 0. The Labute approximate surface area is 100 Å². The van der Waals surface area contributed by atoms with Crippen molar-refractivity contribution in [2.45, 2.75) is 39.0 Å². The molecular formula is C13H18N2O2. The first-order chi connectivity index (χ1) is 8.22. The molecule has 2 N–H and O–H groups in total. The summed E-state index contributed by atoms with van der Waals surface area (Å²) in [5.41, 5.74) is 2.10. The predicted octanol–water partition coefficient (Wildman–Crippen LogP) is 1.39. The number of aryl methyl sites for hydroxylation is 2. The van der Waals surface area contributed by atoms with Gasteiger partial charge in [0.25, 0.3) is 11.5 Å². The molecule has 0 saturated heterocycles. The molecule has 1 aliphatic carbocycles. The van der Waals surface area contributed by atoms with E-state index >= 15 is 0 Å². The van der Waals surface area contributed by atoms with E-state index < -0.39 is 0 Å². The number of aromatic amines is 1. The molecule has 17 heavy (non-hydrogen) atoms. The van der Waals surface area contributed by atoms with Crippen molar-refractivity contribution in [1.82, 2.24) is 10.3 Å². The van der Waals surface area contributed by atoms with Crippen LogP contribution in [0.1, 0.15) is 47.8 Å². The topological polar surface area (TPSA) is 62.0 Å². The molecule has 1 aromatic rings. The molecule has 4 nitrogen and oxygen atoms in total. The average Bonchev–Trinajstić information content (AvgIpc) is 2.75. The van der Waals surface area contributed by atoms with Gasteiger partial charge in [-0.2, -0.15) is 0 Å².